The van der Waals surface area contributed by atoms with Crippen LogP contribution in [0.25, 0.3) is 11.3 Å². The number of halogens is 1. The number of hydrogen-bond acceptors (Lipinski definition) is 4. The summed E-state index contributed by atoms with van der Waals surface area (Å²) in [6, 6.07) is 9.51. The van der Waals surface area contributed by atoms with Crippen LogP contribution in [0.3, 0.4) is 0 Å². The van der Waals surface area contributed by atoms with Gasteiger partial charge < -0.3 is 13.8 Å². The maximum atomic E-state index is 6.21. The molecule has 1 unspecified atom stereocenters. The molecule has 3 aromatic rings. The van der Waals surface area contributed by atoms with Crippen LogP contribution >= 0.6 is 11.6 Å². The molecule has 1 aliphatic heterocycles. The summed E-state index contributed by atoms with van der Waals surface area (Å²) in [6.45, 7) is 2.17. The van der Waals surface area contributed by atoms with Crippen LogP contribution in [0, 0.1) is 0 Å². The molecule has 2 aromatic heterocycles. The maximum absolute atomic E-state index is 6.21. The van der Waals surface area contributed by atoms with Gasteiger partial charge >= 0.3 is 0 Å². The van der Waals surface area contributed by atoms with Crippen LogP contribution in [-0.4, -0.2) is 27.9 Å². The largest absolute Gasteiger partial charge is 0.381 e. The van der Waals surface area contributed by atoms with Gasteiger partial charge in [0.05, 0.1) is 18.2 Å². The third-order valence-electron chi connectivity index (χ3n) is 4.07. The molecule has 5 nitrogen and oxygen atoms in total. The van der Waals surface area contributed by atoms with Gasteiger partial charge in [-0.05, 0) is 18.6 Å². The lowest BCUT2D eigenvalue weighted by atomic mass is 10.1. The number of imidazole rings is 1. The van der Waals surface area contributed by atoms with Crippen molar-refractivity contribution < 1.29 is 9.26 Å². The van der Waals surface area contributed by atoms with E-state index in [0.717, 1.165) is 36.7 Å². The highest BCUT2D eigenvalue weighted by Gasteiger charge is 2.22. The van der Waals surface area contributed by atoms with Crippen LogP contribution in [0.1, 0.15) is 23.9 Å². The zero-order chi connectivity index (χ0) is 15.6. The Balaban J connectivity index is 1.57. The van der Waals surface area contributed by atoms with E-state index in [2.05, 4.69) is 14.7 Å². The van der Waals surface area contributed by atoms with Crippen LogP contribution in [-0.2, 0) is 11.3 Å². The van der Waals surface area contributed by atoms with Crippen molar-refractivity contribution in [2.45, 2.75) is 18.9 Å². The number of benzene rings is 1. The zero-order valence-electron chi connectivity index (χ0n) is 12.5. The van der Waals surface area contributed by atoms with Crippen molar-refractivity contribution in [3.63, 3.8) is 0 Å². The maximum Gasteiger partial charge on any atom is 0.168 e. The van der Waals surface area contributed by atoms with Gasteiger partial charge in [-0.15, -0.1) is 0 Å². The Hall–Kier alpha value is -2.11. The molecule has 0 N–H and O–H groups in total. The second-order valence-electron chi connectivity index (χ2n) is 5.64. The molecule has 3 heterocycles. The molecule has 0 aliphatic carbocycles. The number of hydrogen-bond donors (Lipinski definition) is 0. The standard InChI is InChI=1S/C17H16ClN3O2/c18-15-4-2-1-3-14(15)16-9-13(20-23-16)10-21-7-6-19-17(21)12-5-8-22-11-12/h1-4,6-7,9,12H,5,8,10-11H2. The van der Waals surface area contributed by atoms with Crippen molar-refractivity contribution in [2.24, 2.45) is 0 Å². The normalized spacial score (nSPS) is 17.7. The molecule has 1 aromatic carbocycles. The predicted molar refractivity (Wildman–Crippen MR) is 86.5 cm³/mol. The summed E-state index contributed by atoms with van der Waals surface area (Å²) in [5.74, 6) is 2.08. The third kappa shape index (κ3) is 2.90. The number of nitrogens with zero attached hydrogens (tertiary/aromatic N) is 3. The molecule has 118 valence electrons. The molecule has 6 heteroatoms. The monoisotopic (exact) mass is 329 g/mol. The third-order valence-corrected chi connectivity index (χ3v) is 4.40. The molecular formula is C17H16ClN3O2. The molecule has 0 saturated carbocycles. The van der Waals surface area contributed by atoms with Crippen LogP contribution < -0.4 is 0 Å². The number of aromatic nitrogens is 3. The summed E-state index contributed by atoms with van der Waals surface area (Å²) < 4.78 is 13.0. The van der Waals surface area contributed by atoms with Gasteiger partial charge in [0, 0.05) is 36.5 Å². The minimum atomic E-state index is 0.361. The first-order chi connectivity index (χ1) is 11.3. The van der Waals surface area contributed by atoms with Gasteiger partial charge in [0.2, 0.25) is 0 Å². The minimum Gasteiger partial charge on any atom is -0.381 e. The second kappa shape index (κ2) is 6.18. The van der Waals surface area contributed by atoms with Gasteiger partial charge in [0.15, 0.2) is 5.76 Å². The highest BCUT2D eigenvalue weighted by Crippen LogP contribution is 2.29. The summed E-state index contributed by atoms with van der Waals surface area (Å²) in [5.41, 5.74) is 1.70. The first-order valence-electron chi connectivity index (χ1n) is 7.60. The molecule has 0 amide bonds. The lowest BCUT2D eigenvalue weighted by molar-refractivity contribution is 0.192. The minimum absolute atomic E-state index is 0.361. The Kier molecular flexibility index (Phi) is 3.89. The number of rotatable bonds is 4. The average molecular weight is 330 g/mol. The quantitative estimate of drug-likeness (QED) is 0.731. The van der Waals surface area contributed by atoms with Crippen molar-refractivity contribution in [1.29, 1.82) is 0 Å². The fraction of sp³-hybridized carbons (Fsp3) is 0.294. The fourth-order valence-corrected chi connectivity index (χ4v) is 3.13. The molecule has 0 radical (unpaired) electrons. The van der Waals surface area contributed by atoms with E-state index >= 15 is 0 Å². The van der Waals surface area contributed by atoms with Gasteiger partial charge in [-0.1, -0.05) is 28.9 Å². The number of ether oxygens (including phenoxy) is 1. The van der Waals surface area contributed by atoms with Crippen LogP contribution in [0.15, 0.2) is 47.2 Å². The summed E-state index contributed by atoms with van der Waals surface area (Å²) in [7, 11) is 0. The molecule has 1 aliphatic rings. The van der Waals surface area contributed by atoms with Gasteiger partial charge in [0.1, 0.15) is 11.5 Å². The Labute approximate surface area is 138 Å². The summed E-state index contributed by atoms with van der Waals surface area (Å²) >= 11 is 6.21. The Morgan fingerprint density at radius 3 is 3.04 bits per heavy atom. The van der Waals surface area contributed by atoms with Gasteiger partial charge in [-0.25, -0.2) is 4.98 Å². The molecule has 4 rings (SSSR count). The molecule has 0 bridgehead atoms. The van der Waals surface area contributed by atoms with E-state index in [1.165, 1.54) is 0 Å². The molecular weight excluding hydrogens is 314 g/mol. The lowest BCUT2D eigenvalue weighted by Crippen LogP contribution is -2.10. The van der Waals surface area contributed by atoms with E-state index in [1.807, 2.05) is 42.7 Å². The Morgan fingerprint density at radius 1 is 1.30 bits per heavy atom. The van der Waals surface area contributed by atoms with E-state index in [4.69, 9.17) is 20.9 Å². The Morgan fingerprint density at radius 2 is 2.22 bits per heavy atom. The van der Waals surface area contributed by atoms with Crippen LogP contribution in [0.2, 0.25) is 5.02 Å². The highest BCUT2D eigenvalue weighted by atomic mass is 35.5. The van der Waals surface area contributed by atoms with E-state index in [-0.39, 0.29) is 0 Å². The zero-order valence-corrected chi connectivity index (χ0v) is 13.2. The van der Waals surface area contributed by atoms with Crippen molar-refractivity contribution in [2.75, 3.05) is 13.2 Å². The van der Waals surface area contributed by atoms with E-state index < -0.39 is 0 Å². The average Bonchev–Trinajstić information content (AvgIpc) is 3.29. The van der Waals surface area contributed by atoms with Crippen molar-refractivity contribution in [1.82, 2.24) is 14.7 Å². The molecule has 1 fully saturated rings. The topological polar surface area (TPSA) is 53.1 Å². The molecule has 1 saturated heterocycles. The fourth-order valence-electron chi connectivity index (χ4n) is 2.90. The van der Waals surface area contributed by atoms with Crippen molar-refractivity contribution >= 4 is 11.6 Å². The Bertz CT molecular complexity index is 806. The van der Waals surface area contributed by atoms with Gasteiger partial charge in [-0.3, -0.25) is 0 Å². The van der Waals surface area contributed by atoms with Crippen molar-refractivity contribution in [3.8, 4) is 11.3 Å². The van der Waals surface area contributed by atoms with Crippen LogP contribution in [0.5, 0.6) is 0 Å². The first-order valence-corrected chi connectivity index (χ1v) is 7.98. The van der Waals surface area contributed by atoms with E-state index in [9.17, 15) is 0 Å². The van der Waals surface area contributed by atoms with Crippen molar-refractivity contribution in [3.05, 3.63) is 59.3 Å². The summed E-state index contributed by atoms with van der Waals surface area (Å²) in [5, 5.41) is 4.82. The lowest BCUT2D eigenvalue weighted by Gasteiger charge is -2.10. The smallest absolute Gasteiger partial charge is 0.168 e. The van der Waals surface area contributed by atoms with Gasteiger partial charge in [0.25, 0.3) is 0 Å². The molecule has 0 spiro atoms. The van der Waals surface area contributed by atoms with E-state index in [1.54, 1.807) is 0 Å². The van der Waals surface area contributed by atoms with E-state index in [0.29, 0.717) is 23.2 Å². The summed E-state index contributed by atoms with van der Waals surface area (Å²) in [6.07, 6.45) is 4.81. The first kappa shape index (κ1) is 14.5. The van der Waals surface area contributed by atoms with Gasteiger partial charge in [-0.2, -0.15) is 0 Å². The molecule has 23 heavy (non-hydrogen) atoms. The highest BCUT2D eigenvalue weighted by molar-refractivity contribution is 6.33. The van der Waals surface area contributed by atoms with Crippen LogP contribution in [0.4, 0.5) is 0 Å². The second-order valence-corrected chi connectivity index (χ2v) is 6.04. The predicted octanol–water partition coefficient (Wildman–Crippen LogP) is 3.74. The summed E-state index contributed by atoms with van der Waals surface area (Å²) in [4.78, 5) is 4.48. The molecule has 1 atom stereocenters. The SMILES string of the molecule is Clc1ccccc1-c1cc(Cn2ccnc2C2CCOC2)no1.